The molecule has 1 N–H and O–H groups in total. The lowest BCUT2D eigenvalue weighted by Gasteiger charge is -2.07. The number of hydrogen-bond acceptors (Lipinski definition) is 3. The van der Waals surface area contributed by atoms with Crippen LogP contribution in [-0.4, -0.2) is 19.5 Å². The Bertz CT molecular complexity index is 900. The number of H-pyrrole nitrogens is 1. The second-order valence-electron chi connectivity index (χ2n) is 5.05. The first-order valence-corrected chi connectivity index (χ1v) is 7.67. The molecule has 0 aliphatic rings. The highest BCUT2D eigenvalue weighted by Gasteiger charge is 2.11. The third-order valence-corrected chi connectivity index (χ3v) is 4.52. The van der Waals surface area contributed by atoms with E-state index in [2.05, 4.69) is 49.2 Å². The molecule has 4 nitrogen and oxygen atoms in total. The van der Waals surface area contributed by atoms with E-state index >= 15 is 0 Å². The first-order chi connectivity index (χ1) is 10.3. The van der Waals surface area contributed by atoms with Crippen molar-refractivity contribution in [2.24, 2.45) is 0 Å². The summed E-state index contributed by atoms with van der Waals surface area (Å²) in [5, 5.41) is 3.43. The number of rotatable bonds is 3. The summed E-state index contributed by atoms with van der Waals surface area (Å²) in [6.45, 7) is 2.81. The predicted octanol–water partition coefficient (Wildman–Crippen LogP) is 3.84. The molecule has 0 spiro atoms. The van der Waals surface area contributed by atoms with Gasteiger partial charge in [0.05, 0.1) is 6.33 Å². The fourth-order valence-corrected chi connectivity index (χ4v) is 3.32. The summed E-state index contributed by atoms with van der Waals surface area (Å²) >= 11 is 1.77. The standard InChI is InChI=1S/C16H14N4S/c1-11-15(19-10-18-11)16-17-5-6-20(16)9-12-2-3-14-13(8-12)4-7-21-14/h2-8,10H,9H2,1H3,(H,18,19). The summed E-state index contributed by atoms with van der Waals surface area (Å²) in [4.78, 5) is 11.9. The molecule has 3 heterocycles. The van der Waals surface area contributed by atoms with Crippen LogP contribution in [0, 0.1) is 6.92 Å². The smallest absolute Gasteiger partial charge is 0.160 e. The van der Waals surface area contributed by atoms with Gasteiger partial charge in [0.2, 0.25) is 0 Å². The normalized spacial score (nSPS) is 11.3. The van der Waals surface area contributed by atoms with Gasteiger partial charge in [-0.1, -0.05) is 6.07 Å². The fourth-order valence-electron chi connectivity index (χ4n) is 2.55. The van der Waals surface area contributed by atoms with Crippen molar-refractivity contribution in [3.63, 3.8) is 0 Å². The summed E-state index contributed by atoms with van der Waals surface area (Å²) in [7, 11) is 0. The Kier molecular flexibility index (Phi) is 2.86. The van der Waals surface area contributed by atoms with Crippen molar-refractivity contribution >= 4 is 21.4 Å². The Morgan fingerprint density at radius 2 is 2.19 bits per heavy atom. The highest BCUT2D eigenvalue weighted by Crippen LogP contribution is 2.23. The molecule has 4 rings (SSSR count). The molecule has 0 fully saturated rings. The summed E-state index contributed by atoms with van der Waals surface area (Å²) in [6, 6.07) is 8.77. The minimum atomic E-state index is 0.799. The van der Waals surface area contributed by atoms with Gasteiger partial charge in [0, 0.05) is 29.3 Å². The molecule has 0 unspecified atom stereocenters. The van der Waals surface area contributed by atoms with Crippen LogP contribution < -0.4 is 0 Å². The zero-order valence-electron chi connectivity index (χ0n) is 11.6. The Morgan fingerprint density at radius 1 is 1.24 bits per heavy atom. The van der Waals surface area contributed by atoms with Crippen LogP contribution in [0.2, 0.25) is 0 Å². The van der Waals surface area contributed by atoms with Gasteiger partial charge in [0.15, 0.2) is 5.82 Å². The van der Waals surface area contributed by atoms with Crippen molar-refractivity contribution in [3.05, 3.63) is 59.6 Å². The molecular weight excluding hydrogens is 280 g/mol. The molecule has 0 bridgehead atoms. The maximum Gasteiger partial charge on any atom is 0.160 e. The van der Waals surface area contributed by atoms with Crippen molar-refractivity contribution < 1.29 is 0 Å². The fraction of sp³-hybridized carbons (Fsp3) is 0.125. The zero-order chi connectivity index (χ0) is 14.2. The first kappa shape index (κ1) is 12.3. The Hall–Kier alpha value is -2.40. The summed E-state index contributed by atoms with van der Waals surface area (Å²) in [6.07, 6.45) is 5.54. The lowest BCUT2D eigenvalue weighted by atomic mass is 10.1. The van der Waals surface area contributed by atoms with E-state index in [9.17, 15) is 0 Å². The predicted molar refractivity (Wildman–Crippen MR) is 85.5 cm³/mol. The Labute approximate surface area is 126 Å². The van der Waals surface area contributed by atoms with E-state index in [0.717, 1.165) is 23.8 Å². The molecule has 1 aromatic carbocycles. The molecular formula is C16H14N4S. The highest BCUT2D eigenvalue weighted by atomic mass is 32.1. The average molecular weight is 294 g/mol. The Morgan fingerprint density at radius 3 is 3.05 bits per heavy atom. The number of thiophene rings is 1. The molecule has 5 heteroatoms. The zero-order valence-corrected chi connectivity index (χ0v) is 12.4. The first-order valence-electron chi connectivity index (χ1n) is 6.79. The second-order valence-corrected chi connectivity index (χ2v) is 6.00. The molecule has 4 aromatic rings. The number of nitrogens with one attached hydrogen (secondary N) is 1. The van der Waals surface area contributed by atoms with E-state index in [1.165, 1.54) is 15.6 Å². The van der Waals surface area contributed by atoms with E-state index in [1.54, 1.807) is 17.7 Å². The number of aryl methyl sites for hydroxylation is 1. The number of benzene rings is 1. The van der Waals surface area contributed by atoms with E-state index in [-0.39, 0.29) is 0 Å². The van der Waals surface area contributed by atoms with Crippen molar-refractivity contribution in [1.29, 1.82) is 0 Å². The number of hydrogen-bond donors (Lipinski definition) is 1. The van der Waals surface area contributed by atoms with Gasteiger partial charge >= 0.3 is 0 Å². The van der Waals surface area contributed by atoms with Crippen LogP contribution in [0.1, 0.15) is 11.3 Å². The third kappa shape index (κ3) is 2.15. The quantitative estimate of drug-likeness (QED) is 0.624. The second kappa shape index (κ2) is 4.86. The topological polar surface area (TPSA) is 46.5 Å². The van der Waals surface area contributed by atoms with Crippen molar-refractivity contribution in [3.8, 4) is 11.5 Å². The van der Waals surface area contributed by atoms with Crippen LogP contribution in [0.25, 0.3) is 21.6 Å². The number of nitrogens with zero attached hydrogens (tertiary/aromatic N) is 3. The molecule has 0 saturated heterocycles. The minimum absolute atomic E-state index is 0.799. The third-order valence-electron chi connectivity index (χ3n) is 3.63. The maximum absolute atomic E-state index is 4.45. The van der Waals surface area contributed by atoms with Crippen LogP contribution in [0.15, 0.2) is 48.4 Å². The van der Waals surface area contributed by atoms with Crippen molar-refractivity contribution in [1.82, 2.24) is 19.5 Å². The number of fused-ring (bicyclic) bond motifs is 1. The lowest BCUT2D eigenvalue weighted by molar-refractivity contribution is 0.805. The van der Waals surface area contributed by atoms with Crippen molar-refractivity contribution in [2.45, 2.75) is 13.5 Å². The van der Waals surface area contributed by atoms with Gasteiger partial charge in [-0.25, -0.2) is 9.97 Å². The van der Waals surface area contributed by atoms with Crippen LogP contribution in [0.5, 0.6) is 0 Å². The molecule has 104 valence electrons. The molecule has 3 aromatic heterocycles. The molecule has 0 amide bonds. The highest BCUT2D eigenvalue weighted by molar-refractivity contribution is 7.17. The number of aromatic nitrogens is 4. The summed E-state index contributed by atoms with van der Waals surface area (Å²) < 4.78 is 3.46. The molecule has 0 saturated carbocycles. The van der Waals surface area contributed by atoms with Gasteiger partial charge in [-0.15, -0.1) is 11.3 Å². The van der Waals surface area contributed by atoms with Gasteiger partial charge in [0.25, 0.3) is 0 Å². The van der Waals surface area contributed by atoms with E-state index in [1.807, 2.05) is 19.3 Å². The van der Waals surface area contributed by atoms with Crippen LogP contribution in [0.4, 0.5) is 0 Å². The summed E-state index contributed by atoms with van der Waals surface area (Å²) in [5.41, 5.74) is 3.22. The number of aromatic amines is 1. The molecule has 0 aliphatic carbocycles. The molecule has 0 radical (unpaired) electrons. The van der Waals surface area contributed by atoms with Gasteiger partial charge in [0.1, 0.15) is 5.69 Å². The minimum Gasteiger partial charge on any atom is -0.348 e. The monoisotopic (exact) mass is 294 g/mol. The SMILES string of the molecule is Cc1[nH]cnc1-c1nccn1Cc1ccc2sccc2c1. The van der Waals surface area contributed by atoms with Gasteiger partial charge in [-0.2, -0.15) is 0 Å². The van der Waals surface area contributed by atoms with Gasteiger partial charge in [-0.05, 0) is 41.5 Å². The van der Waals surface area contributed by atoms with E-state index in [0.29, 0.717) is 0 Å². The van der Waals surface area contributed by atoms with Gasteiger partial charge < -0.3 is 9.55 Å². The average Bonchev–Trinajstić information content (AvgIpc) is 3.18. The van der Waals surface area contributed by atoms with Crippen molar-refractivity contribution in [2.75, 3.05) is 0 Å². The summed E-state index contributed by atoms with van der Waals surface area (Å²) in [5.74, 6) is 0.902. The lowest BCUT2D eigenvalue weighted by Crippen LogP contribution is -2.02. The van der Waals surface area contributed by atoms with E-state index in [4.69, 9.17) is 0 Å². The Balaban J connectivity index is 1.71. The maximum atomic E-state index is 4.45. The van der Waals surface area contributed by atoms with Gasteiger partial charge in [-0.3, -0.25) is 0 Å². The van der Waals surface area contributed by atoms with E-state index < -0.39 is 0 Å². The largest absolute Gasteiger partial charge is 0.348 e. The van der Waals surface area contributed by atoms with Crippen LogP contribution in [-0.2, 0) is 6.54 Å². The molecule has 0 atom stereocenters. The van der Waals surface area contributed by atoms with Crippen LogP contribution in [0.3, 0.4) is 0 Å². The van der Waals surface area contributed by atoms with Crippen LogP contribution >= 0.6 is 11.3 Å². The molecule has 21 heavy (non-hydrogen) atoms. The molecule has 0 aliphatic heterocycles. The number of imidazole rings is 2.